The summed E-state index contributed by atoms with van der Waals surface area (Å²) in [6.07, 6.45) is 0. The molecule has 106 valence electrons. The summed E-state index contributed by atoms with van der Waals surface area (Å²) >= 11 is 0. The molecular weight excluding hydrogens is 223 g/mol. The van der Waals surface area contributed by atoms with E-state index in [0.29, 0.717) is 6.04 Å². The van der Waals surface area contributed by atoms with E-state index in [0.717, 1.165) is 0 Å². The van der Waals surface area contributed by atoms with Gasteiger partial charge in [-0.1, -0.05) is 29.7 Å². The minimum absolute atomic E-state index is 0. The van der Waals surface area contributed by atoms with Gasteiger partial charge in [0, 0.05) is 6.04 Å². The standard InChI is InChI=1S/C5H13N.C2H4.4CH4.2CH3.K.H3N/c1-5(2)6(3)4;1-2;;;;;;;;/h5H,1-4H3;1-2H2;4*1H4;2*1H3;;1H3/q;;;;;;2*-1;+1;. The van der Waals surface area contributed by atoms with Gasteiger partial charge < -0.3 is 25.9 Å². The molecule has 0 saturated heterocycles. The Hall–Kier alpha value is 1.30. The number of rotatable bonds is 1. The summed E-state index contributed by atoms with van der Waals surface area (Å²) < 4.78 is 0. The molecule has 16 heavy (non-hydrogen) atoms. The fraction of sp³-hybridized carbons (Fsp3) is 0.692. The molecule has 3 heteroatoms. The van der Waals surface area contributed by atoms with Crippen LogP contribution in [-0.4, -0.2) is 25.0 Å². The van der Waals surface area contributed by atoms with E-state index in [9.17, 15) is 0 Å². The third-order valence-electron chi connectivity index (χ3n) is 1.03. The van der Waals surface area contributed by atoms with Crippen LogP contribution in [0.3, 0.4) is 0 Å². The van der Waals surface area contributed by atoms with Crippen molar-refractivity contribution in [1.82, 2.24) is 11.1 Å². The molecule has 0 radical (unpaired) electrons. The predicted octanol–water partition coefficient (Wildman–Crippen LogP) is 2.37. The predicted molar refractivity (Wildman–Crippen MR) is 84.9 cm³/mol. The molecule has 3 N–H and O–H groups in total. The van der Waals surface area contributed by atoms with Gasteiger partial charge in [0.25, 0.3) is 0 Å². The monoisotopic (exact) mass is 265 g/mol. The molecule has 0 aliphatic rings. The van der Waals surface area contributed by atoms with Crippen LogP contribution >= 0.6 is 0 Å². The van der Waals surface area contributed by atoms with Crippen LogP contribution in [-0.2, 0) is 0 Å². The Morgan fingerprint density at radius 2 is 0.875 bits per heavy atom. The molecule has 0 bridgehead atoms. The average Bonchev–Trinajstić information content (AvgIpc) is 1.72. The zero-order valence-electron chi connectivity index (χ0n) is 10.1. The van der Waals surface area contributed by atoms with Gasteiger partial charge in [-0.25, -0.2) is 0 Å². The first-order chi connectivity index (χ1) is 3.64. The van der Waals surface area contributed by atoms with Gasteiger partial charge in [0.2, 0.25) is 0 Å². The first-order valence-corrected chi connectivity index (χ1v) is 2.81. The first-order valence-electron chi connectivity index (χ1n) is 2.81. The summed E-state index contributed by atoms with van der Waals surface area (Å²) in [5.41, 5.74) is 0. The van der Waals surface area contributed by atoms with Gasteiger partial charge in [0.15, 0.2) is 0 Å². The van der Waals surface area contributed by atoms with Crippen molar-refractivity contribution in [3.8, 4) is 0 Å². The molecule has 0 spiro atoms. The summed E-state index contributed by atoms with van der Waals surface area (Å²) in [5, 5.41) is 0. The van der Waals surface area contributed by atoms with Crippen LogP contribution in [0.1, 0.15) is 43.6 Å². The molecule has 0 amide bonds. The van der Waals surface area contributed by atoms with Gasteiger partial charge in [-0.2, -0.15) is 0 Å². The van der Waals surface area contributed by atoms with Crippen LogP contribution in [0.4, 0.5) is 0 Å². The fourth-order valence-electron chi connectivity index (χ4n) is 0. The second-order valence-corrected chi connectivity index (χ2v) is 2.06. The quantitative estimate of drug-likeness (QED) is 0.449. The number of nitrogens with zero attached hydrogens (tertiary/aromatic N) is 1. The first kappa shape index (κ1) is 86.3. The van der Waals surface area contributed by atoms with Crippen molar-refractivity contribution in [1.29, 1.82) is 0 Å². The van der Waals surface area contributed by atoms with E-state index >= 15 is 0 Å². The molecule has 0 rings (SSSR count). The van der Waals surface area contributed by atoms with Crippen LogP contribution in [0.15, 0.2) is 13.2 Å². The van der Waals surface area contributed by atoms with E-state index in [-0.39, 0.29) is 102 Å². The molecule has 0 aromatic carbocycles. The average molecular weight is 266 g/mol. The minimum Gasteiger partial charge on any atom is -0.358 e. The second-order valence-electron chi connectivity index (χ2n) is 2.06. The second kappa shape index (κ2) is 71.6. The normalized spacial score (nSPS) is 4.38. The van der Waals surface area contributed by atoms with Gasteiger partial charge in [-0.3, -0.25) is 0 Å². The van der Waals surface area contributed by atoms with Crippen molar-refractivity contribution in [3.63, 3.8) is 0 Å². The van der Waals surface area contributed by atoms with Crippen LogP contribution in [0.25, 0.3) is 0 Å². The zero-order chi connectivity index (χ0) is 7.15. The summed E-state index contributed by atoms with van der Waals surface area (Å²) in [7, 11) is 4.15. The number of hydrogen-bond acceptors (Lipinski definition) is 2. The van der Waals surface area contributed by atoms with Gasteiger partial charge in [-0.15, -0.1) is 13.2 Å². The Bertz CT molecular complexity index is 43.2. The zero-order valence-corrected chi connectivity index (χ0v) is 13.3. The summed E-state index contributed by atoms with van der Waals surface area (Å²) in [6.45, 7) is 10.3. The Labute approximate surface area is 152 Å². The molecule has 0 heterocycles. The molecule has 0 aromatic heterocycles. The SMILES string of the molecule is C.C.C.C.C=C.CC(C)N(C)C.N.[CH3-].[CH3-].[K+]. The van der Waals surface area contributed by atoms with Crippen molar-refractivity contribution >= 4 is 0 Å². The minimum atomic E-state index is 0. The third kappa shape index (κ3) is 111. The van der Waals surface area contributed by atoms with E-state index in [1.165, 1.54) is 0 Å². The molecule has 0 atom stereocenters. The maximum atomic E-state index is 3.00. The molecule has 0 aliphatic carbocycles. The Morgan fingerprint density at radius 1 is 0.812 bits per heavy atom. The van der Waals surface area contributed by atoms with Gasteiger partial charge in [0.05, 0.1) is 0 Å². The van der Waals surface area contributed by atoms with E-state index in [4.69, 9.17) is 0 Å². The van der Waals surface area contributed by atoms with Gasteiger partial charge in [0.1, 0.15) is 0 Å². The Balaban J connectivity index is -0.00000000429. The van der Waals surface area contributed by atoms with Crippen molar-refractivity contribution in [2.24, 2.45) is 0 Å². The van der Waals surface area contributed by atoms with Crippen molar-refractivity contribution < 1.29 is 51.4 Å². The van der Waals surface area contributed by atoms with Crippen LogP contribution in [0.5, 0.6) is 0 Å². The van der Waals surface area contributed by atoms with E-state index in [1.54, 1.807) is 0 Å². The molecule has 0 aromatic rings. The Morgan fingerprint density at radius 3 is 0.875 bits per heavy atom. The largest absolute Gasteiger partial charge is 1.00 e. The molecule has 0 saturated carbocycles. The molecular formula is C13H42KN2-. The van der Waals surface area contributed by atoms with E-state index < -0.39 is 0 Å². The maximum absolute atomic E-state index is 3.00. The van der Waals surface area contributed by atoms with Gasteiger partial charge in [-0.05, 0) is 27.9 Å². The fourth-order valence-corrected chi connectivity index (χ4v) is 0. The Kier molecular flexibility index (Phi) is 386. The van der Waals surface area contributed by atoms with Crippen molar-refractivity contribution in [2.75, 3.05) is 14.1 Å². The van der Waals surface area contributed by atoms with Crippen molar-refractivity contribution in [3.05, 3.63) is 28.0 Å². The van der Waals surface area contributed by atoms with Crippen LogP contribution < -0.4 is 57.5 Å². The molecule has 0 aliphatic heterocycles. The smallest absolute Gasteiger partial charge is 0.358 e. The van der Waals surface area contributed by atoms with Crippen LogP contribution in [0, 0.1) is 14.9 Å². The molecule has 0 unspecified atom stereocenters. The summed E-state index contributed by atoms with van der Waals surface area (Å²) in [4.78, 5) is 2.17. The van der Waals surface area contributed by atoms with E-state index in [2.05, 4.69) is 46.0 Å². The van der Waals surface area contributed by atoms with Gasteiger partial charge >= 0.3 is 51.4 Å². The van der Waals surface area contributed by atoms with Crippen LogP contribution in [0.2, 0.25) is 0 Å². The van der Waals surface area contributed by atoms with Crippen molar-refractivity contribution in [2.45, 2.75) is 49.6 Å². The van der Waals surface area contributed by atoms with E-state index in [1.807, 2.05) is 0 Å². The summed E-state index contributed by atoms with van der Waals surface area (Å²) in [5.74, 6) is 0. The number of hydrogen-bond donors (Lipinski definition) is 1. The summed E-state index contributed by atoms with van der Waals surface area (Å²) in [6, 6.07) is 0.685. The molecule has 0 fully saturated rings. The molecule has 2 nitrogen and oxygen atoms in total. The maximum Gasteiger partial charge on any atom is 1.00 e. The topological polar surface area (TPSA) is 38.2 Å². The third-order valence-corrected chi connectivity index (χ3v) is 1.03.